The largest absolute Gasteiger partial charge is 0.353 e. The maximum Gasteiger partial charge on any atom is 0.220 e. The van der Waals surface area contributed by atoms with E-state index in [0.717, 1.165) is 19.3 Å². The van der Waals surface area contributed by atoms with Crippen molar-refractivity contribution in [1.29, 1.82) is 0 Å². The van der Waals surface area contributed by atoms with Crippen molar-refractivity contribution in [2.75, 3.05) is 0 Å². The van der Waals surface area contributed by atoms with Gasteiger partial charge in [0.25, 0.3) is 0 Å². The molecule has 16 heavy (non-hydrogen) atoms. The highest BCUT2D eigenvalue weighted by Crippen LogP contribution is 2.26. The van der Waals surface area contributed by atoms with E-state index in [1.54, 1.807) is 0 Å². The van der Waals surface area contributed by atoms with Crippen LogP contribution >= 0.6 is 12.4 Å². The second-order valence-electron chi connectivity index (χ2n) is 4.55. The number of halogens is 1. The lowest BCUT2D eigenvalue weighted by Gasteiger charge is -2.17. The van der Waals surface area contributed by atoms with Crippen LogP contribution in [0.25, 0.3) is 0 Å². The van der Waals surface area contributed by atoms with Crippen LogP contribution in [0.4, 0.5) is 0 Å². The molecule has 0 heterocycles. The van der Waals surface area contributed by atoms with Crippen LogP contribution in [0, 0.1) is 5.92 Å². The third-order valence-electron chi connectivity index (χ3n) is 3.09. The lowest BCUT2D eigenvalue weighted by molar-refractivity contribution is -0.122. The molecule has 4 heteroatoms. The first-order valence-electron chi connectivity index (χ1n) is 5.79. The molecule has 0 bridgehead atoms. The second kappa shape index (κ2) is 7.69. The summed E-state index contributed by atoms with van der Waals surface area (Å²) < 4.78 is 0. The summed E-state index contributed by atoms with van der Waals surface area (Å²) in [6, 6.07) is 0.415. The van der Waals surface area contributed by atoms with Gasteiger partial charge in [0.15, 0.2) is 0 Å². The highest BCUT2D eigenvalue weighted by Gasteiger charge is 2.26. The lowest BCUT2D eigenvalue weighted by atomic mass is 9.99. The van der Waals surface area contributed by atoms with Crippen molar-refractivity contribution in [3.05, 3.63) is 12.7 Å². The lowest BCUT2D eigenvalue weighted by Crippen LogP contribution is -2.36. The first kappa shape index (κ1) is 15.5. The van der Waals surface area contributed by atoms with Crippen molar-refractivity contribution >= 4 is 18.3 Å². The smallest absolute Gasteiger partial charge is 0.220 e. The number of rotatable bonds is 5. The molecule has 1 fully saturated rings. The minimum Gasteiger partial charge on any atom is -0.353 e. The molecule has 0 spiro atoms. The SMILES string of the molecule is C=CCC(C)NC(=O)C[C@@H]1CCC[C@H]1N.Cl. The molecule has 1 amide bonds. The summed E-state index contributed by atoms with van der Waals surface area (Å²) in [5.74, 6) is 0.521. The summed E-state index contributed by atoms with van der Waals surface area (Å²) in [5, 5.41) is 2.96. The Morgan fingerprint density at radius 2 is 2.31 bits per heavy atom. The van der Waals surface area contributed by atoms with Gasteiger partial charge in [0.05, 0.1) is 0 Å². The van der Waals surface area contributed by atoms with Crippen LogP contribution < -0.4 is 11.1 Å². The van der Waals surface area contributed by atoms with Crippen molar-refractivity contribution in [1.82, 2.24) is 5.32 Å². The number of amides is 1. The van der Waals surface area contributed by atoms with Gasteiger partial charge in [-0.2, -0.15) is 0 Å². The van der Waals surface area contributed by atoms with E-state index in [4.69, 9.17) is 5.73 Å². The first-order chi connectivity index (χ1) is 7.13. The van der Waals surface area contributed by atoms with Crippen molar-refractivity contribution < 1.29 is 4.79 Å². The summed E-state index contributed by atoms with van der Waals surface area (Å²) in [5.41, 5.74) is 5.92. The summed E-state index contributed by atoms with van der Waals surface area (Å²) in [6.45, 7) is 5.65. The second-order valence-corrected chi connectivity index (χ2v) is 4.55. The summed E-state index contributed by atoms with van der Waals surface area (Å²) in [7, 11) is 0. The average Bonchev–Trinajstić information content (AvgIpc) is 2.52. The zero-order chi connectivity index (χ0) is 11.3. The zero-order valence-corrected chi connectivity index (χ0v) is 10.8. The van der Waals surface area contributed by atoms with E-state index in [1.165, 1.54) is 6.42 Å². The van der Waals surface area contributed by atoms with Crippen molar-refractivity contribution in [3.8, 4) is 0 Å². The molecule has 1 aliphatic rings. The monoisotopic (exact) mass is 246 g/mol. The molecule has 3 nitrogen and oxygen atoms in total. The standard InChI is InChI=1S/C12H22N2O.ClH/c1-3-5-9(2)14-12(15)8-10-6-4-7-11(10)13;/h3,9-11H,1,4-8,13H2,2H3,(H,14,15);1H/t9?,10-,11+;/m0./s1. The third kappa shape index (κ3) is 4.99. The van der Waals surface area contributed by atoms with Crippen LogP contribution in [0.1, 0.15) is 39.0 Å². The van der Waals surface area contributed by atoms with Crippen LogP contribution in [-0.4, -0.2) is 18.0 Å². The van der Waals surface area contributed by atoms with Crippen LogP contribution in [-0.2, 0) is 4.79 Å². The predicted molar refractivity (Wildman–Crippen MR) is 69.6 cm³/mol. The van der Waals surface area contributed by atoms with Crippen LogP contribution in [0.5, 0.6) is 0 Å². The molecule has 3 N–H and O–H groups in total. The third-order valence-corrected chi connectivity index (χ3v) is 3.09. The fourth-order valence-corrected chi connectivity index (χ4v) is 2.20. The fraction of sp³-hybridized carbons (Fsp3) is 0.750. The quantitative estimate of drug-likeness (QED) is 0.730. The molecular formula is C12H23ClN2O. The minimum atomic E-state index is 0. The molecule has 1 rings (SSSR count). The van der Waals surface area contributed by atoms with Gasteiger partial charge in [-0.3, -0.25) is 4.79 Å². The van der Waals surface area contributed by atoms with E-state index in [9.17, 15) is 4.79 Å². The molecule has 1 saturated carbocycles. The van der Waals surface area contributed by atoms with E-state index < -0.39 is 0 Å². The molecule has 1 unspecified atom stereocenters. The number of carbonyl (C=O) groups is 1. The number of carbonyl (C=O) groups excluding carboxylic acids is 1. The van der Waals surface area contributed by atoms with Gasteiger partial charge in [-0.25, -0.2) is 0 Å². The Hall–Kier alpha value is -0.540. The van der Waals surface area contributed by atoms with Crippen LogP contribution in [0.3, 0.4) is 0 Å². The molecule has 0 aromatic rings. The summed E-state index contributed by atoms with van der Waals surface area (Å²) in [4.78, 5) is 11.6. The first-order valence-corrected chi connectivity index (χ1v) is 5.79. The minimum absolute atomic E-state index is 0. The molecule has 1 aliphatic carbocycles. The topological polar surface area (TPSA) is 55.1 Å². The normalized spacial score (nSPS) is 25.6. The van der Waals surface area contributed by atoms with Gasteiger partial charge in [-0.05, 0) is 32.1 Å². The number of hydrogen-bond donors (Lipinski definition) is 2. The Bertz CT molecular complexity index is 233. The molecular weight excluding hydrogens is 224 g/mol. The molecule has 0 saturated heterocycles. The van der Waals surface area contributed by atoms with Gasteiger partial charge in [0, 0.05) is 18.5 Å². The van der Waals surface area contributed by atoms with Crippen LogP contribution in [0.15, 0.2) is 12.7 Å². The van der Waals surface area contributed by atoms with Gasteiger partial charge < -0.3 is 11.1 Å². The van der Waals surface area contributed by atoms with Gasteiger partial charge >= 0.3 is 0 Å². The predicted octanol–water partition coefficient (Wildman–Crippen LogP) is 2.01. The van der Waals surface area contributed by atoms with Gasteiger partial charge in [0.1, 0.15) is 0 Å². The maximum atomic E-state index is 11.6. The maximum absolute atomic E-state index is 11.6. The molecule has 0 aromatic carbocycles. The Morgan fingerprint density at radius 1 is 1.62 bits per heavy atom. The molecule has 0 aliphatic heterocycles. The molecule has 0 aromatic heterocycles. The Kier molecular flexibility index (Phi) is 7.43. The number of nitrogens with one attached hydrogen (secondary N) is 1. The highest BCUT2D eigenvalue weighted by atomic mass is 35.5. The number of nitrogens with two attached hydrogens (primary N) is 1. The van der Waals surface area contributed by atoms with Crippen molar-refractivity contribution in [2.24, 2.45) is 11.7 Å². The Labute approximate surface area is 104 Å². The number of hydrogen-bond acceptors (Lipinski definition) is 2. The van der Waals surface area contributed by atoms with E-state index in [-0.39, 0.29) is 30.4 Å². The highest BCUT2D eigenvalue weighted by molar-refractivity contribution is 5.85. The van der Waals surface area contributed by atoms with E-state index in [1.807, 2.05) is 13.0 Å². The van der Waals surface area contributed by atoms with E-state index in [0.29, 0.717) is 12.3 Å². The van der Waals surface area contributed by atoms with Crippen molar-refractivity contribution in [2.45, 2.75) is 51.1 Å². The molecule has 3 atom stereocenters. The van der Waals surface area contributed by atoms with E-state index in [2.05, 4.69) is 11.9 Å². The molecule has 94 valence electrons. The van der Waals surface area contributed by atoms with Gasteiger partial charge in [-0.1, -0.05) is 12.5 Å². The summed E-state index contributed by atoms with van der Waals surface area (Å²) >= 11 is 0. The van der Waals surface area contributed by atoms with Crippen molar-refractivity contribution in [3.63, 3.8) is 0 Å². The summed E-state index contributed by atoms with van der Waals surface area (Å²) in [6.07, 6.45) is 6.57. The van der Waals surface area contributed by atoms with Gasteiger partial charge in [0.2, 0.25) is 5.91 Å². The Balaban J connectivity index is 0.00000225. The Morgan fingerprint density at radius 3 is 2.81 bits per heavy atom. The average molecular weight is 247 g/mol. The van der Waals surface area contributed by atoms with E-state index >= 15 is 0 Å². The molecule has 0 radical (unpaired) electrons. The fourth-order valence-electron chi connectivity index (χ4n) is 2.20. The van der Waals surface area contributed by atoms with Gasteiger partial charge in [-0.15, -0.1) is 19.0 Å². The van der Waals surface area contributed by atoms with Crippen LogP contribution in [0.2, 0.25) is 0 Å². The zero-order valence-electron chi connectivity index (χ0n) is 9.95.